The lowest BCUT2D eigenvalue weighted by molar-refractivity contribution is 0.0452. The fourth-order valence-corrected chi connectivity index (χ4v) is 4.71. The SMILES string of the molecule is Cn1nc(-c2cc(Cl)c(Oc3cc(C4(C)C(O)CCC4O)c(Cl)nn3)c(Cl)c2)c(=O)[nH]c1=O. The first kappa shape index (κ1) is 23.7. The zero-order valence-electron chi connectivity index (χ0n) is 17.3. The molecule has 1 aliphatic carbocycles. The zero-order valence-corrected chi connectivity index (χ0v) is 19.6. The van der Waals surface area contributed by atoms with Gasteiger partial charge in [0.1, 0.15) is 0 Å². The van der Waals surface area contributed by atoms with E-state index in [1.54, 1.807) is 6.92 Å². The van der Waals surface area contributed by atoms with Crippen molar-refractivity contribution in [3.05, 3.63) is 59.8 Å². The Bertz CT molecular complexity index is 1330. The van der Waals surface area contributed by atoms with Gasteiger partial charge in [-0.05, 0) is 25.0 Å². The predicted octanol–water partition coefficient (Wildman–Crippen LogP) is 2.45. The van der Waals surface area contributed by atoms with Gasteiger partial charge in [0.25, 0.3) is 5.56 Å². The molecule has 13 heteroatoms. The molecule has 3 N–H and O–H groups in total. The fourth-order valence-electron chi connectivity index (χ4n) is 3.85. The van der Waals surface area contributed by atoms with Crippen molar-refractivity contribution >= 4 is 34.8 Å². The number of benzene rings is 1. The number of aromatic nitrogens is 5. The molecule has 0 amide bonds. The van der Waals surface area contributed by atoms with Crippen molar-refractivity contribution in [3.8, 4) is 22.9 Å². The van der Waals surface area contributed by atoms with Gasteiger partial charge in [-0.1, -0.05) is 41.7 Å². The number of aliphatic hydroxyl groups is 2. The van der Waals surface area contributed by atoms with E-state index in [-0.39, 0.29) is 38.1 Å². The Kier molecular flexibility index (Phi) is 6.23. The lowest BCUT2D eigenvalue weighted by Crippen LogP contribution is -2.40. The van der Waals surface area contributed by atoms with Crippen molar-refractivity contribution in [2.45, 2.75) is 37.4 Å². The van der Waals surface area contributed by atoms with Gasteiger partial charge in [0.05, 0.1) is 22.3 Å². The number of hydrogen-bond acceptors (Lipinski definition) is 8. The van der Waals surface area contributed by atoms with Gasteiger partial charge in [0.2, 0.25) is 5.88 Å². The van der Waals surface area contributed by atoms with E-state index in [2.05, 4.69) is 20.3 Å². The Morgan fingerprint density at radius 1 is 1.09 bits per heavy atom. The van der Waals surface area contributed by atoms with Gasteiger partial charge < -0.3 is 14.9 Å². The van der Waals surface area contributed by atoms with Gasteiger partial charge in [0.15, 0.2) is 16.6 Å². The maximum atomic E-state index is 12.1. The van der Waals surface area contributed by atoms with Crippen molar-refractivity contribution < 1.29 is 14.9 Å². The molecule has 2 heterocycles. The van der Waals surface area contributed by atoms with Crippen molar-refractivity contribution in [1.82, 2.24) is 25.0 Å². The molecule has 33 heavy (non-hydrogen) atoms. The number of halogens is 3. The van der Waals surface area contributed by atoms with E-state index < -0.39 is 28.9 Å². The van der Waals surface area contributed by atoms with Gasteiger partial charge in [-0.3, -0.25) is 9.78 Å². The van der Waals surface area contributed by atoms with Crippen LogP contribution in [0.1, 0.15) is 25.3 Å². The molecule has 0 aliphatic heterocycles. The summed E-state index contributed by atoms with van der Waals surface area (Å²) in [5.74, 6) is 0.0140. The highest BCUT2D eigenvalue weighted by Crippen LogP contribution is 2.45. The summed E-state index contributed by atoms with van der Waals surface area (Å²) in [5, 5.41) is 32.7. The Labute approximate surface area is 201 Å². The van der Waals surface area contributed by atoms with Gasteiger partial charge in [-0.2, -0.15) is 5.10 Å². The zero-order chi connectivity index (χ0) is 24.1. The van der Waals surface area contributed by atoms with Crippen LogP contribution in [0.3, 0.4) is 0 Å². The normalized spacial score (nSPS) is 22.5. The Hall–Kier alpha value is -2.50. The number of hydrogen-bond donors (Lipinski definition) is 3. The van der Waals surface area contributed by atoms with Gasteiger partial charge in [-0.15, -0.1) is 10.2 Å². The molecular weight excluding hydrogens is 497 g/mol. The summed E-state index contributed by atoms with van der Waals surface area (Å²) in [7, 11) is 1.39. The van der Waals surface area contributed by atoms with Crippen molar-refractivity contribution in [1.29, 1.82) is 0 Å². The molecule has 1 fully saturated rings. The molecule has 1 aliphatic rings. The Morgan fingerprint density at radius 2 is 1.70 bits per heavy atom. The molecule has 0 saturated heterocycles. The highest BCUT2D eigenvalue weighted by molar-refractivity contribution is 6.37. The third-order valence-corrected chi connectivity index (χ3v) is 6.70. The van der Waals surface area contributed by atoms with Gasteiger partial charge >= 0.3 is 5.69 Å². The van der Waals surface area contributed by atoms with Crippen LogP contribution in [-0.4, -0.2) is 47.4 Å². The molecule has 3 aromatic rings. The third kappa shape index (κ3) is 4.13. The lowest BCUT2D eigenvalue weighted by Gasteiger charge is -2.32. The number of ether oxygens (including phenoxy) is 1. The lowest BCUT2D eigenvalue weighted by atomic mass is 9.78. The number of H-pyrrole nitrogens is 1. The molecule has 2 unspecified atom stereocenters. The minimum absolute atomic E-state index is 0.0171. The third-order valence-electron chi connectivity index (χ3n) is 5.86. The molecular formula is C20H18Cl3N5O5. The van der Waals surface area contributed by atoms with Crippen LogP contribution in [0.2, 0.25) is 15.2 Å². The van der Waals surface area contributed by atoms with E-state index in [4.69, 9.17) is 39.5 Å². The predicted molar refractivity (Wildman–Crippen MR) is 121 cm³/mol. The van der Waals surface area contributed by atoms with Crippen molar-refractivity contribution in [2.24, 2.45) is 7.05 Å². The molecule has 4 rings (SSSR count). The summed E-state index contributed by atoms with van der Waals surface area (Å²) in [4.78, 5) is 25.8. The highest BCUT2D eigenvalue weighted by atomic mass is 35.5. The summed E-state index contributed by atoms with van der Waals surface area (Å²) < 4.78 is 6.73. The summed E-state index contributed by atoms with van der Waals surface area (Å²) in [6, 6.07) is 4.27. The number of aryl methyl sites for hydroxylation is 1. The standard InChI is InChI=1S/C20H18Cl3N5O5/c1-20(12(29)3-4-13(20)30)9-7-14(25-26-17(9)23)33-16-10(21)5-8(6-11(16)22)15-18(31)24-19(32)28(2)27-15/h5-7,12-13,29-30H,3-4H2,1-2H3,(H,24,31,32). The minimum atomic E-state index is -1.06. The van der Waals surface area contributed by atoms with Crippen LogP contribution in [0.4, 0.5) is 0 Å². The van der Waals surface area contributed by atoms with Gasteiger partial charge in [-0.25, -0.2) is 9.48 Å². The van der Waals surface area contributed by atoms with E-state index in [1.807, 2.05) is 0 Å². The summed E-state index contributed by atoms with van der Waals surface area (Å²) in [6.07, 6.45) is -0.852. The fraction of sp³-hybridized carbons (Fsp3) is 0.350. The molecule has 0 radical (unpaired) electrons. The highest BCUT2D eigenvalue weighted by Gasteiger charge is 2.48. The number of aliphatic hydroxyl groups excluding tert-OH is 2. The molecule has 10 nitrogen and oxygen atoms in total. The molecule has 1 aromatic carbocycles. The van der Waals surface area contributed by atoms with Crippen LogP contribution in [-0.2, 0) is 12.5 Å². The quantitative estimate of drug-likeness (QED) is 0.482. The maximum absolute atomic E-state index is 12.1. The second-order valence-corrected chi connectivity index (χ2v) is 9.05. The topological polar surface area (TPSA) is 143 Å². The van der Waals surface area contributed by atoms with Crippen LogP contribution in [0, 0.1) is 0 Å². The summed E-state index contributed by atoms with van der Waals surface area (Å²) in [5.41, 5.74) is -1.84. The average Bonchev–Trinajstić information content (AvgIpc) is 3.02. The van der Waals surface area contributed by atoms with E-state index in [1.165, 1.54) is 25.2 Å². The molecule has 174 valence electrons. The van der Waals surface area contributed by atoms with Crippen LogP contribution < -0.4 is 16.0 Å². The summed E-state index contributed by atoms with van der Waals surface area (Å²) in [6.45, 7) is 1.69. The second kappa shape index (κ2) is 8.69. The first-order chi connectivity index (χ1) is 15.5. The number of nitrogens with one attached hydrogen (secondary N) is 1. The molecule has 2 atom stereocenters. The van der Waals surface area contributed by atoms with E-state index in [0.717, 1.165) is 4.68 Å². The van der Waals surface area contributed by atoms with Crippen molar-refractivity contribution in [2.75, 3.05) is 0 Å². The Morgan fingerprint density at radius 3 is 2.30 bits per heavy atom. The molecule has 0 bridgehead atoms. The Balaban J connectivity index is 1.72. The number of aromatic amines is 1. The largest absolute Gasteiger partial charge is 0.434 e. The first-order valence-electron chi connectivity index (χ1n) is 9.77. The first-order valence-corrected chi connectivity index (χ1v) is 10.9. The molecule has 2 aromatic heterocycles. The smallest absolute Gasteiger partial charge is 0.344 e. The minimum Gasteiger partial charge on any atom is -0.434 e. The number of nitrogens with zero attached hydrogens (tertiary/aromatic N) is 4. The van der Waals surface area contributed by atoms with Gasteiger partial charge in [0, 0.05) is 29.7 Å². The van der Waals surface area contributed by atoms with E-state index >= 15 is 0 Å². The van der Waals surface area contributed by atoms with Crippen molar-refractivity contribution in [3.63, 3.8) is 0 Å². The molecule has 1 saturated carbocycles. The number of rotatable bonds is 4. The summed E-state index contributed by atoms with van der Waals surface area (Å²) >= 11 is 18.9. The van der Waals surface area contributed by atoms with E-state index in [0.29, 0.717) is 18.4 Å². The monoisotopic (exact) mass is 513 g/mol. The van der Waals surface area contributed by atoms with E-state index in [9.17, 15) is 19.8 Å². The maximum Gasteiger partial charge on any atom is 0.344 e. The van der Waals surface area contributed by atoms with Crippen LogP contribution in [0.15, 0.2) is 27.8 Å². The van der Waals surface area contributed by atoms with Crippen LogP contribution >= 0.6 is 34.8 Å². The second-order valence-electron chi connectivity index (χ2n) is 7.88. The van der Waals surface area contributed by atoms with Crippen LogP contribution in [0.25, 0.3) is 11.3 Å². The molecule has 0 spiro atoms. The average molecular weight is 515 g/mol. The van der Waals surface area contributed by atoms with Crippen LogP contribution in [0.5, 0.6) is 11.6 Å².